The Morgan fingerprint density at radius 3 is 2.93 bits per heavy atom. The summed E-state index contributed by atoms with van der Waals surface area (Å²) in [4.78, 5) is 16.8. The standard InChI is InChI=1S/C11H16N2O2/c1-3-4-7-13(2)10-8-12-6-5-9(10)11(14)15/h5-6,8H,3-4,7H2,1-2H3,(H,14,15). The molecule has 0 aliphatic heterocycles. The Labute approximate surface area is 89.6 Å². The van der Waals surface area contributed by atoms with Crippen LogP contribution in [-0.4, -0.2) is 29.7 Å². The van der Waals surface area contributed by atoms with Crippen LogP contribution in [0.1, 0.15) is 30.1 Å². The molecule has 0 radical (unpaired) electrons. The first kappa shape index (κ1) is 11.5. The molecule has 0 amide bonds. The zero-order chi connectivity index (χ0) is 11.3. The quantitative estimate of drug-likeness (QED) is 0.804. The van der Waals surface area contributed by atoms with Gasteiger partial charge in [-0.05, 0) is 12.5 Å². The molecule has 0 aliphatic rings. The minimum absolute atomic E-state index is 0.309. The molecule has 1 heterocycles. The van der Waals surface area contributed by atoms with Crippen LogP contribution in [0.4, 0.5) is 5.69 Å². The average Bonchev–Trinajstić information content (AvgIpc) is 2.25. The molecule has 0 saturated heterocycles. The van der Waals surface area contributed by atoms with Crippen LogP contribution in [0.5, 0.6) is 0 Å². The van der Waals surface area contributed by atoms with Crippen molar-refractivity contribution in [1.82, 2.24) is 4.98 Å². The summed E-state index contributed by atoms with van der Waals surface area (Å²) in [6, 6.07) is 1.53. The van der Waals surface area contributed by atoms with E-state index in [1.807, 2.05) is 11.9 Å². The molecule has 1 aromatic heterocycles. The number of unbranched alkanes of at least 4 members (excludes halogenated alkanes) is 1. The van der Waals surface area contributed by atoms with Gasteiger partial charge < -0.3 is 10.0 Å². The smallest absolute Gasteiger partial charge is 0.337 e. The Morgan fingerprint density at radius 1 is 1.60 bits per heavy atom. The lowest BCUT2D eigenvalue weighted by atomic mass is 10.2. The van der Waals surface area contributed by atoms with E-state index >= 15 is 0 Å². The van der Waals surface area contributed by atoms with Crippen LogP contribution in [0.3, 0.4) is 0 Å². The molecular weight excluding hydrogens is 192 g/mol. The van der Waals surface area contributed by atoms with Crippen LogP contribution in [0.25, 0.3) is 0 Å². The van der Waals surface area contributed by atoms with Crippen molar-refractivity contribution in [3.8, 4) is 0 Å². The minimum atomic E-state index is -0.907. The second kappa shape index (κ2) is 5.34. The number of rotatable bonds is 5. The zero-order valence-electron chi connectivity index (χ0n) is 9.10. The summed E-state index contributed by atoms with van der Waals surface area (Å²) in [6.07, 6.45) is 5.23. The van der Waals surface area contributed by atoms with Gasteiger partial charge in [0.25, 0.3) is 0 Å². The van der Waals surface area contributed by atoms with Gasteiger partial charge in [-0.1, -0.05) is 13.3 Å². The minimum Gasteiger partial charge on any atom is -0.478 e. The molecule has 0 saturated carbocycles. The molecule has 82 valence electrons. The maximum absolute atomic E-state index is 10.9. The summed E-state index contributed by atoms with van der Waals surface area (Å²) in [5.41, 5.74) is 0.988. The second-order valence-corrected chi connectivity index (χ2v) is 3.47. The van der Waals surface area contributed by atoms with Gasteiger partial charge in [0.05, 0.1) is 17.4 Å². The van der Waals surface area contributed by atoms with Crippen molar-refractivity contribution in [3.63, 3.8) is 0 Å². The van der Waals surface area contributed by atoms with Gasteiger partial charge in [-0.25, -0.2) is 4.79 Å². The van der Waals surface area contributed by atoms with Crippen molar-refractivity contribution in [3.05, 3.63) is 24.0 Å². The molecule has 0 unspecified atom stereocenters. The predicted molar refractivity (Wildman–Crippen MR) is 59.4 cm³/mol. The van der Waals surface area contributed by atoms with Crippen molar-refractivity contribution in [2.45, 2.75) is 19.8 Å². The number of hydrogen-bond acceptors (Lipinski definition) is 3. The highest BCUT2D eigenvalue weighted by Gasteiger charge is 2.12. The number of carbonyl (C=O) groups is 1. The zero-order valence-corrected chi connectivity index (χ0v) is 9.10. The van der Waals surface area contributed by atoms with Gasteiger partial charge >= 0.3 is 5.97 Å². The van der Waals surface area contributed by atoms with E-state index in [9.17, 15) is 4.79 Å². The number of carboxylic acids is 1. The number of carboxylic acid groups (broad SMARTS) is 1. The Hall–Kier alpha value is -1.58. The van der Waals surface area contributed by atoms with Crippen LogP contribution in [-0.2, 0) is 0 Å². The van der Waals surface area contributed by atoms with Gasteiger partial charge in [0, 0.05) is 19.8 Å². The molecule has 4 nitrogen and oxygen atoms in total. The number of aromatic nitrogens is 1. The SMILES string of the molecule is CCCCN(C)c1cnccc1C(=O)O. The largest absolute Gasteiger partial charge is 0.478 e. The third-order valence-electron chi connectivity index (χ3n) is 2.29. The first-order chi connectivity index (χ1) is 7.16. The fourth-order valence-corrected chi connectivity index (χ4v) is 1.39. The summed E-state index contributed by atoms with van der Waals surface area (Å²) in [5.74, 6) is -0.907. The molecule has 0 spiro atoms. The highest BCUT2D eigenvalue weighted by Crippen LogP contribution is 2.17. The lowest BCUT2D eigenvalue weighted by Crippen LogP contribution is -2.21. The van der Waals surface area contributed by atoms with Crippen molar-refractivity contribution < 1.29 is 9.90 Å². The Kier molecular flexibility index (Phi) is 4.09. The fourth-order valence-electron chi connectivity index (χ4n) is 1.39. The Balaban J connectivity index is 2.87. The van der Waals surface area contributed by atoms with Crippen molar-refractivity contribution in [2.75, 3.05) is 18.5 Å². The summed E-state index contributed by atoms with van der Waals surface area (Å²) in [6.45, 7) is 2.96. The van der Waals surface area contributed by atoms with Crippen molar-refractivity contribution in [1.29, 1.82) is 0 Å². The summed E-state index contributed by atoms with van der Waals surface area (Å²) in [7, 11) is 1.89. The van der Waals surface area contributed by atoms with E-state index < -0.39 is 5.97 Å². The van der Waals surface area contributed by atoms with E-state index in [1.54, 1.807) is 6.20 Å². The molecule has 15 heavy (non-hydrogen) atoms. The highest BCUT2D eigenvalue weighted by molar-refractivity contribution is 5.94. The van der Waals surface area contributed by atoms with E-state index in [0.29, 0.717) is 11.3 Å². The molecule has 0 fully saturated rings. The Bertz CT molecular complexity index is 339. The second-order valence-electron chi connectivity index (χ2n) is 3.47. The maximum Gasteiger partial charge on any atom is 0.337 e. The molecule has 1 rings (SSSR count). The van der Waals surface area contributed by atoms with Gasteiger partial charge in [-0.15, -0.1) is 0 Å². The first-order valence-corrected chi connectivity index (χ1v) is 5.05. The van der Waals surface area contributed by atoms with Gasteiger partial charge in [-0.2, -0.15) is 0 Å². The van der Waals surface area contributed by atoms with Gasteiger partial charge in [-0.3, -0.25) is 4.98 Å². The molecule has 0 bridgehead atoms. The summed E-state index contributed by atoms with van der Waals surface area (Å²) in [5, 5.41) is 8.99. The number of aromatic carboxylic acids is 1. The fraction of sp³-hybridized carbons (Fsp3) is 0.455. The van der Waals surface area contributed by atoms with Crippen LogP contribution < -0.4 is 4.90 Å². The molecule has 0 aliphatic carbocycles. The van der Waals surface area contributed by atoms with E-state index in [-0.39, 0.29) is 0 Å². The van der Waals surface area contributed by atoms with Gasteiger partial charge in [0.2, 0.25) is 0 Å². The predicted octanol–water partition coefficient (Wildman–Crippen LogP) is 2.02. The monoisotopic (exact) mass is 208 g/mol. The molecule has 4 heteroatoms. The topological polar surface area (TPSA) is 53.4 Å². The third kappa shape index (κ3) is 2.94. The highest BCUT2D eigenvalue weighted by atomic mass is 16.4. The van der Waals surface area contributed by atoms with Gasteiger partial charge in [0.1, 0.15) is 0 Å². The lowest BCUT2D eigenvalue weighted by molar-refractivity contribution is 0.0697. The molecule has 1 aromatic rings. The van der Waals surface area contributed by atoms with E-state index in [4.69, 9.17) is 5.11 Å². The molecule has 0 aromatic carbocycles. The van der Waals surface area contributed by atoms with Crippen LogP contribution >= 0.6 is 0 Å². The first-order valence-electron chi connectivity index (χ1n) is 5.05. The van der Waals surface area contributed by atoms with Crippen LogP contribution in [0, 0.1) is 0 Å². The van der Waals surface area contributed by atoms with Crippen molar-refractivity contribution in [2.24, 2.45) is 0 Å². The van der Waals surface area contributed by atoms with E-state index in [0.717, 1.165) is 19.4 Å². The number of nitrogens with zero attached hydrogens (tertiary/aromatic N) is 2. The van der Waals surface area contributed by atoms with E-state index in [1.165, 1.54) is 12.3 Å². The average molecular weight is 208 g/mol. The molecule has 1 N–H and O–H groups in total. The third-order valence-corrected chi connectivity index (χ3v) is 2.29. The number of hydrogen-bond donors (Lipinski definition) is 1. The Morgan fingerprint density at radius 2 is 2.33 bits per heavy atom. The lowest BCUT2D eigenvalue weighted by Gasteiger charge is -2.20. The number of anilines is 1. The summed E-state index contributed by atoms with van der Waals surface area (Å²) >= 11 is 0. The maximum atomic E-state index is 10.9. The van der Waals surface area contributed by atoms with Gasteiger partial charge in [0.15, 0.2) is 0 Å². The summed E-state index contributed by atoms with van der Waals surface area (Å²) < 4.78 is 0. The number of pyridine rings is 1. The normalized spacial score (nSPS) is 10.0. The van der Waals surface area contributed by atoms with Crippen LogP contribution in [0.15, 0.2) is 18.5 Å². The van der Waals surface area contributed by atoms with Crippen molar-refractivity contribution >= 4 is 11.7 Å². The van der Waals surface area contributed by atoms with E-state index in [2.05, 4.69) is 11.9 Å². The van der Waals surface area contributed by atoms with Crippen LogP contribution in [0.2, 0.25) is 0 Å². The molecule has 0 atom stereocenters. The molecular formula is C11H16N2O2.